The molecule has 0 unspecified atom stereocenters. The van der Waals surface area contributed by atoms with Gasteiger partial charge in [-0.05, 0) is 12.8 Å². The van der Waals surface area contributed by atoms with E-state index in [2.05, 4.69) is 15.5 Å². The van der Waals surface area contributed by atoms with E-state index in [0.29, 0.717) is 18.2 Å². The van der Waals surface area contributed by atoms with Gasteiger partial charge in [0.2, 0.25) is 11.8 Å². The summed E-state index contributed by atoms with van der Waals surface area (Å²) in [7, 11) is 0. The summed E-state index contributed by atoms with van der Waals surface area (Å²) in [4.78, 5) is 25.9. The third-order valence-corrected chi connectivity index (χ3v) is 3.21. The van der Waals surface area contributed by atoms with E-state index >= 15 is 0 Å². The molecule has 1 fully saturated rings. The third kappa shape index (κ3) is 4.04. The molecule has 0 atom stereocenters. The van der Waals surface area contributed by atoms with Crippen LogP contribution in [0.4, 0.5) is 0 Å². The molecule has 7 heteroatoms. The number of rotatable bonds is 6. The Kier molecular flexibility index (Phi) is 4.48. The lowest BCUT2D eigenvalue weighted by Gasteiger charge is -2.00. The van der Waals surface area contributed by atoms with Crippen molar-refractivity contribution in [2.75, 3.05) is 6.54 Å². The molecule has 1 aromatic rings. The SMILES string of the molecule is O=C(O)CNC(=O)CCc1nc(C2CCCC2)no1. The molecule has 1 aromatic heterocycles. The third-order valence-electron chi connectivity index (χ3n) is 3.21. The Hall–Kier alpha value is -1.92. The number of carboxylic acid groups (broad SMARTS) is 1. The van der Waals surface area contributed by atoms with Crippen molar-refractivity contribution >= 4 is 11.9 Å². The molecular formula is C12H17N3O4. The zero-order valence-electron chi connectivity index (χ0n) is 10.6. The van der Waals surface area contributed by atoms with E-state index < -0.39 is 5.97 Å². The van der Waals surface area contributed by atoms with Crippen molar-refractivity contribution in [2.45, 2.75) is 44.4 Å². The summed E-state index contributed by atoms with van der Waals surface area (Å²) < 4.78 is 5.10. The lowest BCUT2D eigenvalue weighted by Crippen LogP contribution is -2.29. The summed E-state index contributed by atoms with van der Waals surface area (Å²) in [5, 5.41) is 14.6. The summed E-state index contributed by atoms with van der Waals surface area (Å²) in [5.41, 5.74) is 0. The summed E-state index contributed by atoms with van der Waals surface area (Å²) in [6.45, 7) is -0.365. The predicted octanol–water partition coefficient (Wildman–Crippen LogP) is 0.861. The lowest BCUT2D eigenvalue weighted by atomic mass is 10.1. The number of nitrogens with zero attached hydrogens (tertiary/aromatic N) is 2. The topological polar surface area (TPSA) is 105 Å². The Morgan fingerprint density at radius 1 is 1.37 bits per heavy atom. The lowest BCUT2D eigenvalue weighted by molar-refractivity contribution is -0.137. The zero-order chi connectivity index (χ0) is 13.7. The maximum absolute atomic E-state index is 11.3. The normalized spacial score (nSPS) is 15.6. The van der Waals surface area contributed by atoms with Gasteiger partial charge in [-0.3, -0.25) is 9.59 Å². The fourth-order valence-electron chi connectivity index (χ4n) is 2.20. The number of aromatic nitrogens is 2. The molecule has 0 aliphatic heterocycles. The predicted molar refractivity (Wildman–Crippen MR) is 64.5 cm³/mol. The Morgan fingerprint density at radius 2 is 2.11 bits per heavy atom. The van der Waals surface area contributed by atoms with Crippen LogP contribution in [0.1, 0.15) is 49.7 Å². The van der Waals surface area contributed by atoms with Crippen LogP contribution in [0.15, 0.2) is 4.52 Å². The van der Waals surface area contributed by atoms with Gasteiger partial charge in [-0.2, -0.15) is 4.98 Å². The van der Waals surface area contributed by atoms with Crippen molar-refractivity contribution in [3.05, 3.63) is 11.7 Å². The molecule has 7 nitrogen and oxygen atoms in total. The molecular weight excluding hydrogens is 250 g/mol. The van der Waals surface area contributed by atoms with E-state index in [1.165, 1.54) is 12.8 Å². The Labute approximate surface area is 110 Å². The van der Waals surface area contributed by atoms with Gasteiger partial charge in [0.1, 0.15) is 6.54 Å². The molecule has 1 amide bonds. The molecule has 1 aliphatic rings. The second kappa shape index (κ2) is 6.31. The van der Waals surface area contributed by atoms with Crippen LogP contribution in [-0.2, 0) is 16.0 Å². The molecule has 0 saturated heterocycles. The molecule has 0 spiro atoms. The van der Waals surface area contributed by atoms with Crippen molar-refractivity contribution in [2.24, 2.45) is 0 Å². The highest BCUT2D eigenvalue weighted by Crippen LogP contribution is 2.32. The van der Waals surface area contributed by atoms with Crippen LogP contribution in [0.5, 0.6) is 0 Å². The summed E-state index contributed by atoms with van der Waals surface area (Å²) >= 11 is 0. The highest BCUT2D eigenvalue weighted by atomic mass is 16.5. The first-order chi connectivity index (χ1) is 9.15. The maximum Gasteiger partial charge on any atom is 0.322 e. The number of aryl methyl sites for hydroxylation is 1. The van der Waals surface area contributed by atoms with Gasteiger partial charge in [-0.1, -0.05) is 18.0 Å². The highest BCUT2D eigenvalue weighted by molar-refractivity contribution is 5.81. The van der Waals surface area contributed by atoms with Gasteiger partial charge in [-0.15, -0.1) is 0 Å². The van der Waals surface area contributed by atoms with Crippen molar-refractivity contribution in [1.29, 1.82) is 0 Å². The van der Waals surface area contributed by atoms with E-state index in [-0.39, 0.29) is 18.9 Å². The number of carbonyl (C=O) groups excluding carboxylic acids is 1. The summed E-state index contributed by atoms with van der Waals surface area (Å²) in [6.07, 6.45) is 5.08. The zero-order valence-corrected chi connectivity index (χ0v) is 10.6. The molecule has 0 aromatic carbocycles. The smallest absolute Gasteiger partial charge is 0.322 e. The summed E-state index contributed by atoms with van der Waals surface area (Å²) in [5.74, 6) is 0.168. The van der Waals surface area contributed by atoms with Gasteiger partial charge in [0.25, 0.3) is 0 Å². The van der Waals surface area contributed by atoms with Crippen LogP contribution in [0.2, 0.25) is 0 Å². The van der Waals surface area contributed by atoms with E-state index in [9.17, 15) is 9.59 Å². The van der Waals surface area contributed by atoms with Gasteiger partial charge < -0.3 is 14.9 Å². The molecule has 104 valence electrons. The number of carboxylic acids is 1. The van der Waals surface area contributed by atoms with Crippen LogP contribution >= 0.6 is 0 Å². The molecule has 0 bridgehead atoms. The number of aliphatic carboxylic acids is 1. The van der Waals surface area contributed by atoms with E-state index in [4.69, 9.17) is 9.63 Å². The first-order valence-corrected chi connectivity index (χ1v) is 6.46. The quantitative estimate of drug-likeness (QED) is 0.792. The molecule has 1 aliphatic carbocycles. The molecule has 2 N–H and O–H groups in total. The molecule has 1 saturated carbocycles. The minimum atomic E-state index is -1.06. The number of hydrogen-bond donors (Lipinski definition) is 2. The average molecular weight is 267 g/mol. The van der Waals surface area contributed by atoms with Crippen molar-refractivity contribution in [1.82, 2.24) is 15.5 Å². The van der Waals surface area contributed by atoms with Crippen molar-refractivity contribution < 1.29 is 19.2 Å². The maximum atomic E-state index is 11.3. The second-order valence-corrected chi connectivity index (χ2v) is 4.70. The first-order valence-electron chi connectivity index (χ1n) is 6.46. The largest absolute Gasteiger partial charge is 0.480 e. The summed E-state index contributed by atoms with van der Waals surface area (Å²) in [6, 6.07) is 0. The minimum absolute atomic E-state index is 0.152. The highest BCUT2D eigenvalue weighted by Gasteiger charge is 2.22. The fourth-order valence-corrected chi connectivity index (χ4v) is 2.20. The Balaban J connectivity index is 1.76. The number of amides is 1. The number of carbonyl (C=O) groups is 2. The Morgan fingerprint density at radius 3 is 2.79 bits per heavy atom. The molecule has 19 heavy (non-hydrogen) atoms. The van der Waals surface area contributed by atoms with E-state index in [1.54, 1.807) is 0 Å². The number of hydrogen-bond acceptors (Lipinski definition) is 5. The van der Waals surface area contributed by atoms with Crippen molar-refractivity contribution in [3.63, 3.8) is 0 Å². The fraction of sp³-hybridized carbons (Fsp3) is 0.667. The van der Waals surface area contributed by atoms with E-state index in [1.807, 2.05) is 0 Å². The van der Waals surface area contributed by atoms with Crippen LogP contribution in [-0.4, -0.2) is 33.7 Å². The van der Waals surface area contributed by atoms with Crippen molar-refractivity contribution in [3.8, 4) is 0 Å². The molecule has 2 rings (SSSR count). The van der Waals surface area contributed by atoms with Gasteiger partial charge >= 0.3 is 5.97 Å². The van der Waals surface area contributed by atoms with Gasteiger partial charge in [-0.25, -0.2) is 0 Å². The van der Waals surface area contributed by atoms with Gasteiger partial charge in [0, 0.05) is 18.8 Å². The van der Waals surface area contributed by atoms with Gasteiger partial charge in [0.15, 0.2) is 5.82 Å². The standard InChI is InChI=1S/C12H17N3O4/c16-9(13-7-11(17)18)5-6-10-14-12(15-19-10)8-3-1-2-4-8/h8H,1-7H2,(H,13,16)(H,17,18). The molecule has 1 heterocycles. The number of nitrogens with one attached hydrogen (secondary N) is 1. The monoisotopic (exact) mass is 267 g/mol. The first kappa shape index (κ1) is 13.5. The Bertz CT molecular complexity index is 452. The van der Waals surface area contributed by atoms with E-state index in [0.717, 1.165) is 18.7 Å². The van der Waals surface area contributed by atoms with Gasteiger partial charge in [0.05, 0.1) is 0 Å². The van der Waals surface area contributed by atoms with Crippen LogP contribution in [0.25, 0.3) is 0 Å². The van der Waals surface area contributed by atoms with Crippen LogP contribution in [0.3, 0.4) is 0 Å². The molecule has 0 radical (unpaired) electrons. The second-order valence-electron chi connectivity index (χ2n) is 4.70. The minimum Gasteiger partial charge on any atom is -0.480 e. The average Bonchev–Trinajstić information content (AvgIpc) is 3.03. The van der Waals surface area contributed by atoms with Crippen LogP contribution < -0.4 is 5.32 Å². The van der Waals surface area contributed by atoms with Crippen LogP contribution in [0, 0.1) is 0 Å².